The molecule has 71 heavy (non-hydrogen) atoms. The minimum Gasteiger partial charge on any atom is -0.419 e. The average Bonchev–Trinajstić information content (AvgIpc) is 3.30. The van der Waals surface area contributed by atoms with Crippen molar-refractivity contribution < 1.29 is 54.5 Å². The predicted octanol–water partition coefficient (Wildman–Crippen LogP) is 10.2. The van der Waals surface area contributed by atoms with Crippen molar-refractivity contribution >= 4 is 57.7 Å². The maximum absolute atomic E-state index is 12.2. The minimum absolute atomic E-state index is 0.196. The van der Waals surface area contributed by atoms with Crippen LogP contribution in [-0.2, 0) is 23.9 Å². The molecule has 0 fully saturated rings. The topological polar surface area (TPSA) is 304 Å². The van der Waals surface area contributed by atoms with Crippen LogP contribution in [0, 0.1) is 0 Å². The Labute approximate surface area is 429 Å². The number of ketones is 1. The molecule has 0 bridgehead atoms. The summed E-state index contributed by atoms with van der Waals surface area (Å²) < 4.78 is 10.8. The monoisotopic (exact) mass is 1010 g/mol. The summed E-state index contributed by atoms with van der Waals surface area (Å²) in [6, 6.07) is 0. The summed E-state index contributed by atoms with van der Waals surface area (Å²) >= 11 is 0. The second kappa shape index (κ2) is 58.2. The van der Waals surface area contributed by atoms with Crippen LogP contribution in [0.25, 0.3) is 0 Å². The van der Waals surface area contributed by atoms with E-state index in [1.807, 2.05) is 33.8 Å². The van der Waals surface area contributed by atoms with Crippen LogP contribution in [0.2, 0.25) is 0 Å². The van der Waals surface area contributed by atoms with Crippen LogP contribution in [0.1, 0.15) is 239 Å². The minimum atomic E-state index is -1.79. The van der Waals surface area contributed by atoms with Gasteiger partial charge in [-0.2, -0.15) is 35.7 Å². The number of aliphatic hydroxyl groups excluding tert-OH is 3. The summed E-state index contributed by atoms with van der Waals surface area (Å²) in [5, 5.41) is 75.3. The number of nitrogens with zero attached hydrogens (tertiary/aromatic N) is 7. The Morgan fingerprint density at radius 1 is 0.437 bits per heavy atom. The van der Waals surface area contributed by atoms with Gasteiger partial charge in [-0.3, -0.25) is 14.4 Å². The van der Waals surface area contributed by atoms with Gasteiger partial charge in [0.15, 0.2) is 18.4 Å². The number of esters is 2. The number of hydrogen-bond acceptors (Lipinski definition) is 19. The third-order valence-corrected chi connectivity index (χ3v) is 8.64. The number of carbonyl (C=O) groups is 3. The van der Waals surface area contributed by atoms with Crippen molar-refractivity contribution in [2.24, 2.45) is 41.6 Å². The molecule has 0 rings (SSSR count). The Morgan fingerprint density at radius 2 is 0.704 bits per heavy atom. The smallest absolute Gasteiger partial charge is 0.309 e. The molecule has 0 saturated carbocycles. The Balaban J connectivity index is -0.000000209. The molecule has 0 aromatic carbocycles. The highest BCUT2D eigenvalue weighted by atomic mass is 16.7. The van der Waals surface area contributed by atoms with Crippen LogP contribution in [0.15, 0.2) is 48.4 Å². The zero-order chi connectivity index (χ0) is 56.0. The molecule has 0 aromatic heterocycles. The molecule has 19 nitrogen and oxygen atoms in total. The number of allylic oxidation sites excluding steroid dienone is 1. The van der Waals surface area contributed by atoms with Gasteiger partial charge in [-0.1, -0.05) is 123 Å². The van der Waals surface area contributed by atoms with Crippen molar-refractivity contribution in [1.82, 2.24) is 0 Å². The van der Waals surface area contributed by atoms with E-state index in [9.17, 15) is 14.4 Å². The lowest BCUT2D eigenvalue weighted by Crippen LogP contribution is -2.31. The number of ether oxygens (including phenoxy) is 2. The number of nitrogens with two attached hydrogens (primary N) is 1. The summed E-state index contributed by atoms with van der Waals surface area (Å²) in [6.45, 7) is 30.5. The van der Waals surface area contributed by atoms with Crippen molar-refractivity contribution in [2.45, 2.75) is 264 Å². The third kappa shape index (κ3) is 74.7. The predicted molar refractivity (Wildman–Crippen MR) is 294 cm³/mol. The average molecular weight is 1020 g/mol. The van der Waals surface area contributed by atoms with E-state index >= 15 is 0 Å². The molecule has 0 atom stereocenters. The van der Waals surface area contributed by atoms with E-state index in [1.165, 1.54) is 97.3 Å². The highest BCUT2D eigenvalue weighted by molar-refractivity contribution is 5.90. The fourth-order valence-corrected chi connectivity index (χ4v) is 4.41. The van der Waals surface area contributed by atoms with E-state index < -0.39 is 30.9 Å². The number of hydrogen-bond donors (Lipinski definition) is 7. The Bertz CT molecular complexity index is 1460. The lowest BCUT2D eigenvalue weighted by Gasteiger charge is -2.17. The largest absolute Gasteiger partial charge is 0.419 e. The van der Waals surface area contributed by atoms with E-state index in [-0.39, 0.29) is 23.4 Å². The van der Waals surface area contributed by atoms with Gasteiger partial charge in [0.2, 0.25) is 6.29 Å². The standard InChI is InChI=1S/C24H44N2O4.C10H20.2C6H12N2O2.C3H8N2.C3H6O3/c1-6-8-10-12-14-16-18-22(27)29-24(21(5)26-25-20(3)4)30-23(28)19-17-15-13-11-9-7-2;1-3-5-7-9-10-8-6-4-2;2*1-4(2)7-8-5(3)6(9)10;1-3(2)5-4;1-2(4)3(5)6/h24H,6-19H2,1-5H3;3H,1,4-10H2,2H3;2*6,9-10H,1-3H3;4H2,1-2H3;3,5-6H,1H3/b26-21+;;2*8-5+;;. The van der Waals surface area contributed by atoms with Crippen LogP contribution in [0.4, 0.5) is 0 Å². The molecule has 416 valence electrons. The van der Waals surface area contributed by atoms with Gasteiger partial charge in [-0.15, -0.1) is 6.58 Å². The fourth-order valence-electron chi connectivity index (χ4n) is 4.41. The molecule has 0 unspecified atom stereocenters. The zero-order valence-electron chi connectivity index (χ0n) is 46.9. The van der Waals surface area contributed by atoms with Crippen LogP contribution in [0.3, 0.4) is 0 Å². The molecular formula is C52H102N8O11. The van der Waals surface area contributed by atoms with Crippen molar-refractivity contribution in [3.8, 4) is 0 Å². The molecule has 0 saturated heterocycles. The summed E-state index contributed by atoms with van der Waals surface area (Å²) in [5.41, 5.74) is 3.99. The van der Waals surface area contributed by atoms with Crippen molar-refractivity contribution in [2.75, 3.05) is 0 Å². The highest BCUT2D eigenvalue weighted by Crippen LogP contribution is 2.12. The number of Topliss-reactive ketones (excluding diaryl/α,β-unsaturated/α-hetero) is 1. The molecular weight excluding hydrogens is 913 g/mol. The first kappa shape index (κ1) is 78.0. The molecule has 19 heteroatoms. The summed E-state index contributed by atoms with van der Waals surface area (Å²) in [5.74, 6) is 3.40. The summed E-state index contributed by atoms with van der Waals surface area (Å²) in [6.07, 6.45) is 19.4. The molecule has 0 aromatic rings. The molecule has 0 aliphatic carbocycles. The Morgan fingerprint density at radius 3 is 0.944 bits per heavy atom. The molecule has 8 N–H and O–H groups in total. The number of aliphatic hydroxyl groups is 6. The molecule has 0 amide bonds. The first-order valence-electron chi connectivity index (χ1n) is 25.3. The number of rotatable bonds is 30. The second-order valence-corrected chi connectivity index (χ2v) is 17.4. The van der Waals surface area contributed by atoms with E-state index in [0.717, 1.165) is 68.3 Å². The van der Waals surface area contributed by atoms with Crippen LogP contribution < -0.4 is 5.84 Å². The maximum Gasteiger partial charge on any atom is 0.309 e. The van der Waals surface area contributed by atoms with Gasteiger partial charge < -0.3 is 46.0 Å². The van der Waals surface area contributed by atoms with Gasteiger partial charge in [-0.05, 0) is 109 Å². The molecule has 0 aliphatic heterocycles. The van der Waals surface area contributed by atoms with Crippen LogP contribution >= 0.6 is 0 Å². The SMILES string of the molecule is C=CCCCCCCCC.CC(=O)C(O)O.CC(C)=N/N=C(\C)C(O)O.CC(C)=N/N=C(\C)C(O)O.CC(C)=NN.CCCCCCCCC(=O)OC(OC(=O)CCCCCCCC)/C(C)=N/N=C(C)C. The lowest BCUT2D eigenvalue weighted by atomic mass is 10.1. The maximum atomic E-state index is 12.2. The first-order chi connectivity index (χ1) is 33.3. The van der Waals surface area contributed by atoms with Crippen molar-refractivity contribution in [1.29, 1.82) is 0 Å². The first-order valence-corrected chi connectivity index (χ1v) is 25.3. The Hall–Kier alpha value is -4.40. The number of carbonyl (C=O) groups excluding carboxylic acids is 3. The number of unbranched alkanes of at least 4 members (excludes halogenated alkanes) is 16. The normalized spacial score (nSPS) is 10.9. The van der Waals surface area contributed by atoms with Gasteiger partial charge >= 0.3 is 11.9 Å². The van der Waals surface area contributed by atoms with E-state index in [0.29, 0.717) is 18.6 Å². The van der Waals surface area contributed by atoms with Crippen LogP contribution in [-0.4, -0.2) is 114 Å². The Kier molecular flexibility index (Phi) is 63.9. The lowest BCUT2D eigenvalue weighted by molar-refractivity contribution is -0.176. The van der Waals surface area contributed by atoms with E-state index in [1.54, 1.807) is 34.6 Å². The fraction of sp³-hybridized carbons (Fsp3) is 0.769. The van der Waals surface area contributed by atoms with Gasteiger partial charge in [-0.25, -0.2) is 0 Å². The second-order valence-electron chi connectivity index (χ2n) is 17.4. The quantitative estimate of drug-likeness (QED) is 0.00672. The van der Waals surface area contributed by atoms with E-state index in [4.69, 9.17) is 46.0 Å². The van der Waals surface area contributed by atoms with Gasteiger partial charge in [0.05, 0.1) is 11.4 Å². The number of hydrazone groups is 1. The van der Waals surface area contributed by atoms with Crippen molar-refractivity contribution in [3.63, 3.8) is 0 Å². The van der Waals surface area contributed by atoms with E-state index in [2.05, 4.69) is 63.1 Å². The molecule has 0 heterocycles. The third-order valence-electron chi connectivity index (χ3n) is 8.64. The van der Waals surface area contributed by atoms with Crippen molar-refractivity contribution in [3.05, 3.63) is 12.7 Å². The molecule has 0 aliphatic rings. The zero-order valence-corrected chi connectivity index (χ0v) is 46.9. The summed E-state index contributed by atoms with van der Waals surface area (Å²) in [7, 11) is 0. The van der Waals surface area contributed by atoms with Gasteiger partial charge in [0.1, 0.15) is 5.71 Å². The molecule has 0 spiro atoms. The highest BCUT2D eigenvalue weighted by Gasteiger charge is 2.22. The van der Waals surface area contributed by atoms with Gasteiger partial charge in [0, 0.05) is 35.7 Å². The van der Waals surface area contributed by atoms with Gasteiger partial charge in [0.25, 0.3) is 6.29 Å². The summed E-state index contributed by atoms with van der Waals surface area (Å²) in [4.78, 5) is 34.1. The molecule has 0 radical (unpaired) electrons. The van der Waals surface area contributed by atoms with Crippen LogP contribution in [0.5, 0.6) is 0 Å².